The molecule has 0 unspecified atom stereocenters. The highest BCUT2D eigenvalue weighted by Gasteiger charge is 2.11. The number of H-pyrrole nitrogens is 1. The van der Waals surface area contributed by atoms with Crippen LogP contribution in [-0.4, -0.2) is 15.3 Å². The zero-order valence-electron chi connectivity index (χ0n) is 9.52. The summed E-state index contributed by atoms with van der Waals surface area (Å²) in [6.07, 6.45) is 1.15. The average Bonchev–Trinajstić information content (AvgIpc) is 2.36. The van der Waals surface area contributed by atoms with Gasteiger partial charge in [0.25, 0.3) is 5.56 Å². The summed E-state index contributed by atoms with van der Waals surface area (Å²) in [6.45, 7) is -0.374. The lowest BCUT2D eigenvalue weighted by Crippen LogP contribution is -2.30. The van der Waals surface area contributed by atoms with Crippen molar-refractivity contribution in [3.8, 4) is 0 Å². The summed E-state index contributed by atoms with van der Waals surface area (Å²) in [5.41, 5.74) is -1.39. The Kier molecular flexibility index (Phi) is 3.37. The summed E-state index contributed by atoms with van der Waals surface area (Å²) in [5.74, 6) is -2.77. The van der Waals surface area contributed by atoms with Crippen molar-refractivity contribution in [1.82, 2.24) is 9.55 Å². The molecular formula is C12H8F2N2O3. The fraction of sp³-hybridized carbons (Fsp3) is 0.0833. The number of Topliss-reactive ketones (excluding diaryl/α,β-unsaturated/α-hetero) is 1. The van der Waals surface area contributed by atoms with Crippen LogP contribution in [0, 0.1) is 11.6 Å². The minimum atomic E-state index is -1.14. The summed E-state index contributed by atoms with van der Waals surface area (Å²) >= 11 is 0. The maximum Gasteiger partial charge on any atom is 0.328 e. The molecule has 19 heavy (non-hydrogen) atoms. The molecule has 0 spiro atoms. The minimum absolute atomic E-state index is 0.0583. The highest BCUT2D eigenvalue weighted by Crippen LogP contribution is 2.09. The van der Waals surface area contributed by atoms with Crippen LogP contribution in [0.25, 0.3) is 0 Å². The summed E-state index contributed by atoms with van der Waals surface area (Å²) in [7, 11) is 0. The van der Waals surface area contributed by atoms with E-state index in [4.69, 9.17) is 0 Å². The molecule has 0 atom stereocenters. The number of nitrogens with one attached hydrogen (secondary N) is 1. The molecule has 1 aromatic heterocycles. The van der Waals surface area contributed by atoms with Crippen molar-refractivity contribution >= 4 is 5.78 Å². The van der Waals surface area contributed by atoms with E-state index in [-0.39, 0.29) is 12.1 Å². The average molecular weight is 266 g/mol. The van der Waals surface area contributed by atoms with Crippen LogP contribution in [-0.2, 0) is 6.54 Å². The zero-order valence-corrected chi connectivity index (χ0v) is 9.52. The van der Waals surface area contributed by atoms with Gasteiger partial charge in [-0.05, 0) is 18.2 Å². The second kappa shape index (κ2) is 4.97. The Morgan fingerprint density at radius 2 is 1.89 bits per heavy atom. The van der Waals surface area contributed by atoms with Gasteiger partial charge >= 0.3 is 5.69 Å². The molecule has 1 N–H and O–H groups in total. The lowest BCUT2D eigenvalue weighted by molar-refractivity contribution is 0.0969. The van der Waals surface area contributed by atoms with Gasteiger partial charge < -0.3 is 0 Å². The smallest absolute Gasteiger partial charge is 0.293 e. The van der Waals surface area contributed by atoms with E-state index in [0.29, 0.717) is 0 Å². The topological polar surface area (TPSA) is 71.9 Å². The van der Waals surface area contributed by atoms with Crippen LogP contribution < -0.4 is 11.2 Å². The first-order chi connectivity index (χ1) is 8.97. The number of halogens is 2. The van der Waals surface area contributed by atoms with Gasteiger partial charge in [-0.25, -0.2) is 13.6 Å². The fourth-order valence-electron chi connectivity index (χ4n) is 1.48. The van der Waals surface area contributed by atoms with Gasteiger partial charge in [0.2, 0.25) is 0 Å². The molecule has 0 amide bonds. The maximum absolute atomic E-state index is 13.0. The third-order valence-corrected chi connectivity index (χ3v) is 2.45. The number of aromatic amines is 1. The molecular weight excluding hydrogens is 258 g/mol. The standard InChI is InChI=1S/C12H8F2N2O3/c13-8-2-1-7(5-9(8)14)10(17)6-16-4-3-11(18)15-12(16)19/h1-5H,6H2,(H,15,18,19). The molecule has 2 aromatic rings. The molecule has 0 aliphatic heterocycles. The highest BCUT2D eigenvalue weighted by molar-refractivity contribution is 5.95. The minimum Gasteiger partial charge on any atom is -0.293 e. The number of aromatic nitrogens is 2. The van der Waals surface area contributed by atoms with Gasteiger partial charge in [-0.2, -0.15) is 0 Å². The Labute approximate surface area is 105 Å². The quantitative estimate of drug-likeness (QED) is 0.831. The summed E-state index contributed by atoms with van der Waals surface area (Å²) in [4.78, 5) is 35.9. The fourth-order valence-corrected chi connectivity index (χ4v) is 1.48. The second-order valence-corrected chi connectivity index (χ2v) is 3.79. The Bertz CT molecular complexity index is 749. The number of carbonyl (C=O) groups excluding carboxylic acids is 1. The van der Waals surface area contributed by atoms with Crippen molar-refractivity contribution in [3.63, 3.8) is 0 Å². The lowest BCUT2D eigenvalue weighted by Gasteiger charge is -2.04. The van der Waals surface area contributed by atoms with Crippen LogP contribution in [0.15, 0.2) is 40.1 Å². The molecule has 0 aliphatic carbocycles. The first-order valence-electron chi connectivity index (χ1n) is 5.25. The summed E-state index contributed by atoms with van der Waals surface area (Å²) < 4.78 is 26.6. The van der Waals surface area contributed by atoms with Gasteiger partial charge in [-0.3, -0.25) is 19.1 Å². The van der Waals surface area contributed by atoms with E-state index in [1.807, 2.05) is 4.98 Å². The molecule has 1 aromatic carbocycles. The number of benzene rings is 1. The normalized spacial score (nSPS) is 10.4. The number of hydrogen-bond acceptors (Lipinski definition) is 3. The van der Waals surface area contributed by atoms with Gasteiger partial charge in [0.15, 0.2) is 17.4 Å². The van der Waals surface area contributed by atoms with Crippen LogP contribution >= 0.6 is 0 Å². The molecule has 7 heteroatoms. The summed E-state index contributed by atoms with van der Waals surface area (Å²) in [5, 5.41) is 0. The van der Waals surface area contributed by atoms with E-state index < -0.39 is 28.7 Å². The van der Waals surface area contributed by atoms with Gasteiger partial charge in [-0.1, -0.05) is 0 Å². The molecule has 98 valence electrons. The summed E-state index contributed by atoms with van der Waals surface area (Å²) in [6, 6.07) is 3.80. The molecule has 0 aliphatic rings. The van der Waals surface area contributed by atoms with Crippen molar-refractivity contribution in [2.75, 3.05) is 0 Å². The van der Waals surface area contributed by atoms with E-state index in [0.717, 1.165) is 35.0 Å². The van der Waals surface area contributed by atoms with Crippen LogP contribution in [0.4, 0.5) is 8.78 Å². The number of carbonyl (C=O) groups is 1. The van der Waals surface area contributed by atoms with Crippen molar-refractivity contribution < 1.29 is 13.6 Å². The first kappa shape index (κ1) is 12.9. The molecule has 0 bridgehead atoms. The van der Waals surface area contributed by atoms with Crippen molar-refractivity contribution in [2.45, 2.75) is 6.54 Å². The molecule has 2 rings (SSSR count). The molecule has 0 radical (unpaired) electrons. The number of hydrogen-bond donors (Lipinski definition) is 1. The Balaban J connectivity index is 2.28. The predicted molar refractivity (Wildman–Crippen MR) is 62.0 cm³/mol. The second-order valence-electron chi connectivity index (χ2n) is 3.79. The van der Waals surface area contributed by atoms with Gasteiger partial charge in [0.05, 0.1) is 6.54 Å². The third kappa shape index (κ3) is 2.82. The number of ketones is 1. The molecule has 1 heterocycles. The van der Waals surface area contributed by atoms with Crippen molar-refractivity contribution in [2.24, 2.45) is 0 Å². The zero-order chi connectivity index (χ0) is 14.0. The van der Waals surface area contributed by atoms with E-state index in [9.17, 15) is 23.2 Å². The molecule has 0 fully saturated rings. The predicted octanol–water partition coefficient (Wildman–Crippen LogP) is 0.698. The molecule has 0 saturated carbocycles. The highest BCUT2D eigenvalue weighted by atomic mass is 19.2. The number of nitrogens with zero attached hydrogens (tertiary/aromatic N) is 1. The monoisotopic (exact) mass is 266 g/mol. The van der Waals surface area contributed by atoms with Crippen LogP contribution in [0.1, 0.15) is 10.4 Å². The van der Waals surface area contributed by atoms with Crippen molar-refractivity contribution in [3.05, 3.63) is 68.5 Å². The maximum atomic E-state index is 13.0. The van der Waals surface area contributed by atoms with Crippen LogP contribution in [0.2, 0.25) is 0 Å². The Morgan fingerprint density at radius 3 is 2.53 bits per heavy atom. The third-order valence-electron chi connectivity index (χ3n) is 2.45. The molecule has 5 nitrogen and oxygen atoms in total. The van der Waals surface area contributed by atoms with Gasteiger partial charge in [0.1, 0.15) is 0 Å². The Hall–Kier alpha value is -2.57. The van der Waals surface area contributed by atoms with Crippen LogP contribution in [0.3, 0.4) is 0 Å². The van der Waals surface area contributed by atoms with E-state index in [1.54, 1.807) is 0 Å². The van der Waals surface area contributed by atoms with Crippen LogP contribution in [0.5, 0.6) is 0 Å². The lowest BCUT2D eigenvalue weighted by atomic mass is 10.1. The SMILES string of the molecule is O=C(Cn1ccc(=O)[nH]c1=O)c1ccc(F)c(F)c1. The largest absolute Gasteiger partial charge is 0.328 e. The molecule has 0 saturated heterocycles. The van der Waals surface area contributed by atoms with Gasteiger partial charge in [-0.15, -0.1) is 0 Å². The Morgan fingerprint density at radius 1 is 1.16 bits per heavy atom. The van der Waals surface area contributed by atoms with E-state index >= 15 is 0 Å². The van der Waals surface area contributed by atoms with E-state index in [2.05, 4.69) is 0 Å². The van der Waals surface area contributed by atoms with E-state index in [1.165, 1.54) is 0 Å². The van der Waals surface area contributed by atoms with Gasteiger partial charge in [0, 0.05) is 17.8 Å². The first-order valence-corrected chi connectivity index (χ1v) is 5.25. The van der Waals surface area contributed by atoms with Crippen molar-refractivity contribution in [1.29, 1.82) is 0 Å². The number of rotatable bonds is 3.